The Hall–Kier alpha value is -2.67. The SMILES string of the molecule is CC(C)CN(C[C@H]1CN(C(=O)c2ccco2)CCO1)C(=O)c1ccccc1F. The molecule has 1 fully saturated rings. The third-order valence-corrected chi connectivity index (χ3v) is 4.56. The van der Waals surface area contributed by atoms with E-state index in [1.807, 2.05) is 13.8 Å². The van der Waals surface area contributed by atoms with Gasteiger partial charge in [-0.25, -0.2) is 4.39 Å². The molecule has 0 unspecified atom stereocenters. The second kappa shape index (κ2) is 9.01. The van der Waals surface area contributed by atoms with Gasteiger partial charge in [-0.15, -0.1) is 0 Å². The van der Waals surface area contributed by atoms with Crippen LogP contribution in [0.4, 0.5) is 4.39 Å². The number of nitrogens with zero attached hydrogens (tertiary/aromatic N) is 2. The van der Waals surface area contributed by atoms with Crippen LogP contribution in [0.2, 0.25) is 0 Å². The van der Waals surface area contributed by atoms with E-state index in [0.717, 1.165) is 0 Å². The van der Waals surface area contributed by atoms with Crippen LogP contribution in [0, 0.1) is 11.7 Å². The van der Waals surface area contributed by atoms with Gasteiger partial charge in [-0.05, 0) is 30.2 Å². The Bertz CT molecular complexity index is 806. The van der Waals surface area contributed by atoms with Gasteiger partial charge in [-0.3, -0.25) is 9.59 Å². The average molecular weight is 388 g/mol. The molecule has 0 N–H and O–H groups in total. The highest BCUT2D eigenvalue weighted by molar-refractivity contribution is 5.94. The van der Waals surface area contributed by atoms with Crippen LogP contribution in [-0.2, 0) is 4.74 Å². The van der Waals surface area contributed by atoms with Gasteiger partial charge < -0.3 is 19.0 Å². The van der Waals surface area contributed by atoms with Gasteiger partial charge in [0.15, 0.2) is 5.76 Å². The number of carbonyl (C=O) groups excluding carboxylic acids is 2. The summed E-state index contributed by atoms with van der Waals surface area (Å²) in [5.41, 5.74) is 0.0440. The Morgan fingerprint density at radius 2 is 2.04 bits per heavy atom. The molecule has 150 valence electrons. The minimum absolute atomic E-state index is 0.0440. The number of ether oxygens (including phenoxy) is 1. The number of benzene rings is 1. The standard InChI is InChI=1S/C21H25FN2O4/c1-15(2)12-24(20(25)17-6-3-4-7-18(17)22)14-16-13-23(9-11-27-16)21(26)19-8-5-10-28-19/h3-8,10,15-16H,9,11-14H2,1-2H3/t16-/m1/s1. The van der Waals surface area contributed by atoms with E-state index < -0.39 is 5.82 Å². The molecule has 6 nitrogen and oxygen atoms in total. The van der Waals surface area contributed by atoms with E-state index in [9.17, 15) is 14.0 Å². The van der Waals surface area contributed by atoms with Crippen LogP contribution in [-0.4, -0.2) is 60.5 Å². The van der Waals surface area contributed by atoms with E-state index in [2.05, 4.69) is 0 Å². The second-order valence-electron chi connectivity index (χ2n) is 7.31. The van der Waals surface area contributed by atoms with Crippen molar-refractivity contribution in [1.82, 2.24) is 9.80 Å². The van der Waals surface area contributed by atoms with Gasteiger partial charge in [-0.2, -0.15) is 0 Å². The normalized spacial score (nSPS) is 17.0. The maximum Gasteiger partial charge on any atom is 0.289 e. The fraction of sp³-hybridized carbons (Fsp3) is 0.429. The molecule has 1 atom stereocenters. The van der Waals surface area contributed by atoms with Crippen molar-refractivity contribution in [3.63, 3.8) is 0 Å². The Balaban J connectivity index is 1.71. The minimum atomic E-state index is -0.541. The van der Waals surface area contributed by atoms with Gasteiger partial charge in [0.2, 0.25) is 0 Å². The quantitative estimate of drug-likeness (QED) is 0.763. The lowest BCUT2D eigenvalue weighted by Crippen LogP contribution is -2.51. The van der Waals surface area contributed by atoms with Crippen molar-refractivity contribution in [3.8, 4) is 0 Å². The zero-order valence-corrected chi connectivity index (χ0v) is 16.1. The largest absolute Gasteiger partial charge is 0.459 e. The van der Waals surface area contributed by atoms with Crippen LogP contribution < -0.4 is 0 Å². The van der Waals surface area contributed by atoms with Crippen molar-refractivity contribution in [2.24, 2.45) is 5.92 Å². The van der Waals surface area contributed by atoms with Crippen LogP contribution in [0.1, 0.15) is 34.8 Å². The molecule has 0 aliphatic carbocycles. The molecule has 1 saturated heterocycles. The van der Waals surface area contributed by atoms with E-state index in [1.165, 1.54) is 18.4 Å². The van der Waals surface area contributed by atoms with Crippen LogP contribution in [0.15, 0.2) is 47.1 Å². The molecular formula is C21H25FN2O4. The minimum Gasteiger partial charge on any atom is -0.459 e. The highest BCUT2D eigenvalue weighted by Crippen LogP contribution is 2.16. The molecule has 0 saturated carbocycles. The summed E-state index contributed by atoms with van der Waals surface area (Å²) in [6.07, 6.45) is 1.12. The van der Waals surface area contributed by atoms with E-state index >= 15 is 0 Å². The molecule has 0 spiro atoms. The van der Waals surface area contributed by atoms with Crippen LogP contribution in [0.5, 0.6) is 0 Å². The summed E-state index contributed by atoms with van der Waals surface area (Å²) < 4.78 is 25.1. The van der Waals surface area contributed by atoms with Crippen LogP contribution >= 0.6 is 0 Å². The summed E-state index contributed by atoms with van der Waals surface area (Å²) in [5.74, 6) is -0.623. The molecule has 0 bridgehead atoms. The molecular weight excluding hydrogens is 363 g/mol. The number of carbonyl (C=O) groups is 2. The molecule has 1 aromatic heterocycles. The molecule has 3 rings (SSSR count). The smallest absolute Gasteiger partial charge is 0.289 e. The number of hydrogen-bond donors (Lipinski definition) is 0. The first-order chi connectivity index (χ1) is 13.5. The molecule has 0 radical (unpaired) electrons. The van der Waals surface area contributed by atoms with Crippen molar-refractivity contribution < 1.29 is 23.1 Å². The van der Waals surface area contributed by atoms with Gasteiger partial charge in [0.1, 0.15) is 5.82 Å². The number of furan rings is 1. The number of hydrogen-bond acceptors (Lipinski definition) is 4. The maximum atomic E-state index is 14.1. The van der Waals surface area contributed by atoms with Crippen molar-refractivity contribution in [3.05, 3.63) is 59.8 Å². The summed E-state index contributed by atoms with van der Waals surface area (Å²) in [5, 5.41) is 0. The maximum absolute atomic E-state index is 14.1. The molecule has 1 aliphatic heterocycles. The molecule has 2 heterocycles. The third-order valence-electron chi connectivity index (χ3n) is 4.56. The summed E-state index contributed by atoms with van der Waals surface area (Å²) >= 11 is 0. The van der Waals surface area contributed by atoms with Crippen molar-refractivity contribution in [2.75, 3.05) is 32.8 Å². The first-order valence-corrected chi connectivity index (χ1v) is 9.44. The Morgan fingerprint density at radius 1 is 1.25 bits per heavy atom. The summed E-state index contributed by atoms with van der Waals surface area (Å²) in [4.78, 5) is 28.7. The van der Waals surface area contributed by atoms with E-state index in [0.29, 0.717) is 26.2 Å². The summed E-state index contributed by atoms with van der Waals surface area (Å²) in [6.45, 7) is 5.93. The number of halogens is 1. The fourth-order valence-electron chi connectivity index (χ4n) is 3.30. The Labute approximate surface area is 163 Å². The Kier molecular flexibility index (Phi) is 6.46. The highest BCUT2D eigenvalue weighted by atomic mass is 19.1. The molecule has 1 aliphatic rings. The topological polar surface area (TPSA) is 63.0 Å². The van der Waals surface area contributed by atoms with E-state index in [1.54, 1.807) is 34.1 Å². The first-order valence-electron chi connectivity index (χ1n) is 9.44. The molecule has 2 amide bonds. The lowest BCUT2D eigenvalue weighted by molar-refractivity contribution is -0.0348. The monoisotopic (exact) mass is 388 g/mol. The number of amides is 2. The molecule has 7 heteroatoms. The lowest BCUT2D eigenvalue weighted by Gasteiger charge is -2.36. The van der Waals surface area contributed by atoms with E-state index in [4.69, 9.17) is 9.15 Å². The van der Waals surface area contributed by atoms with Gasteiger partial charge in [-0.1, -0.05) is 26.0 Å². The average Bonchev–Trinajstić information content (AvgIpc) is 3.21. The number of rotatable bonds is 6. The summed E-state index contributed by atoms with van der Waals surface area (Å²) in [6, 6.07) is 9.26. The van der Waals surface area contributed by atoms with Gasteiger partial charge in [0.25, 0.3) is 11.8 Å². The van der Waals surface area contributed by atoms with Gasteiger partial charge in [0.05, 0.1) is 24.5 Å². The number of morpholine rings is 1. The highest BCUT2D eigenvalue weighted by Gasteiger charge is 2.30. The van der Waals surface area contributed by atoms with Crippen molar-refractivity contribution >= 4 is 11.8 Å². The first kappa shape index (κ1) is 20.1. The zero-order valence-electron chi connectivity index (χ0n) is 16.1. The van der Waals surface area contributed by atoms with Gasteiger partial charge in [0, 0.05) is 26.2 Å². The molecule has 1 aromatic carbocycles. The predicted molar refractivity (Wildman–Crippen MR) is 101 cm³/mol. The third kappa shape index (κ3) is 4.78. The second-order valence-corrected chi connectivity index (χ2v) is 7.31. The zero-order chi connectivity index (χ0) is 20.1. The van der Waals surface area contributed by atoms with Crippen LogP contribution in [0.3, 0.4) is 0 Å². The van der Waals surface area contributed by atoms with Crippen LogP contribution in [0.25, 0.3) is 0 Å². The van der Waals surface area contributed by atoms with Gasteiger partial charge >= 0.3 is 0 Å². The fourth-order valence-corrected chi connectivity index (χ4v) is 3.30. The predicted octanol–water partition coefficient (Wildman–Crippen LogP) is 3.06. The summed E-state index contributed by atoms with van der Waals surface area (Å²) in [7, 11) is 0. The molecule has 2 aromatic rings. The molecule has 28 heavy (non-hydrogen) atoms. The Morgan fingerprint density at radius 3 is 2.71 bits per heavy atom. The van der Waals surface area contributed by atoms with E-state index in [-0.39, 0.29) is 41.7 Å². The lowest BCUT2D eigenvalue weighted by atomic mass is 10.1. The van der Waals surface area contributed by atoms with Crippen molar-refractivity contribution in [2.45, 2.75) is 20.0 Å². The van der Waals surface area contributed by atoms with Crippen molar-refractivity contribution in [1.29, 1.82) is 0 Å².